The Balaban J connectivity index is 2.44. The molecule has 1 aromatic heterocycles. The van der Waals surface area contributed by atoms with Gasteiger partial charge in [-0.25, -0.2) is 4.68 Å². The molecule has 0 amide bonds. The largest absolute Gasteiger partial charge is 0.463 e. The lowest BCUT2D eigenvalue weighted by Crippen LogP contribution is -2.30. The zero-order chi connectivity index (χ0) is 34.9. The molecule has 0 aliphatic carbocycles. The molecule has 0 aromatic carbocycles. The number of ether oxygens (including phenoxy) is 6. The number of rotatable bonds is 34. The number of carbonyl (C=O) groups excluding carboxylic acids is 3. The Morgan fingerprint density at radius 3 is 1.85 bits per heavy atom. The van der Waals surface area contributed by atoms with E-state index in [-0.39, 0.29) is 44.1 Å². The molecule has 0 saturated heterocycles. The molecule has 48 heavy (non-hydrogen) atoms. The van der Waals surface area contributed by atoms with Gasteiger partial charge in [0.1, 0.15) is 13.2 Å². The van der Waals surface area contributed by atoms with E-state index in [9.17, 15) is 14.4 Å². The Bertz CT molecular complexity index is 928. The van der Waals surface area contributed by atoms with Crippen molar-refractivity contribution < 1.29 is 42.8 Å². The first-order chi connectivity index (χ1) is 23.5. The van der Waals surface area contributed by atoms with E-state index >= 15 is 0 Å². The molecule has 0 aliphatic rings. The van der Waals surface area contributed by atoms with Crippen LogP contribution in [0.4, 0.5) is 0 Å². The Labute approximate surface area is 289 Å². The molecule has 1 atom stereocenters. The first-order valence-corrected chi connectivity index (χ1v) is 18.5. The van der Waals surface area contributed by atoms with Crippen LogP contribution in [0, 0.1) is 0 Å². The lowest BCUT2D eigenvalue weighted by Gasteiger charge is -2.18. The Kier molecular flexibility index (Phi) is 28.7. The highest BCUT2D eigenvalue weighted by atomic mass is 16.6. The van der Waals surface area contributed by atoms with E-state index in [1.807, 2.05) is 0 Å². The molecule has 278 valence electrons. The quantitative estimate of drug-likeness (QED) is 0.0444. The topological polar surface area (TPSA) is 137 Å². The Hall–Kier alpha value is -2.57. The predicted octanol–water partition coefficient (Wildman–Crippen LogP) is 6.56. The van der Waals surface area contributed by atoms with Gasteiger partial charge in [0.2, 0.25) is 0 Å². The van der Waals surface area contributed by atoms with Crippen LogP contribution in [0.25, 0.3) is 0 Å². The first-order valence-electron chi connectivity index (χ1n) is 18.5. The van der Waals surface area contributed by atoms with Crippen molar-refractivity contribution in [2.45, 2.75) is 148 Å². The fourth-order valence-electron chi connectivity index (χ4n) is 4.97. The molecule has 1 heterocycles. The number of aromatic nitrogens is 3. The van der Waals surface area contributed by atoms with Crippen LogP contribution in [0.5, 0.6) is 0 Å². The highest BCUT2D eigenvalue weighted by Gasteiger charge is 2.19. The molecule has 0 fully saturated rings. The van der Waals surface area contributed by atoms with E-state index in [4.69, 9.17) is 28.4 Å². The van der Waals surface area contributed by atoms with Crippen molar-refractivity contribution in [2.75, 3.05) is 53.4 Å². The summed E-state index contributed by atoms with van der Waals surface area (Å²) in [5.41, 5.74) is 0.609. The van der Waals surface area contributed by atoms with Crippen LogP contribution in [-0.4, -0.2) is 92.4 Å². The number of aryl methyl sites for hydroxylation is 1. The standard InChI is InChI=1S/C36H65N3O9/c1-4-6-8-10-12-14-16-19-34(40)47-31-33(48-36(42)20-17-15-13-11-9-7-5-2)30-39-29-32(37-38-39)21-22-35(41)46-28-27-45-26-25-44-24-18-23-43-3/h29,33H,4-28,30-31H2,1-3H3. The van der Waals surface area contributed by atoms with Crippen LogP contribution in [0.2, 0.25) is 0 Å². The molecule has 0 radical (unpaired) electrons. The predicted molar refractivity (Wildman–Crippen MR) is 183 cm³/mol. The van der Waals surface area contributed by atoms with E-state index in [1.54, 1.807) is 18.0 Å². The summed E-state index contributed by atoms with van der Waals surface area (Å²) in [4.78, 5) is 37.2. The normalized spacial score (nSPS) is 11.8. The number of methoxy groups -OCH3 is 1. The highest BCUT2D eigenvalue weighted by molar-refractivity contribution is 5.70. The van der Waals surface area contributed by atoms with Crippen LogP contribution in [-0.2, 0) is 55.8 Å². The minimum Gasteiger partial charge on any atom is -0.463 e. The molecule has 0 aliphatic heterocycles. The molecule has 12 nitrogen and oxygen atoms in total. The average Bonchev–Trinajstić information content (AvgIpc) is 3.53. The van der Waals surface area contributed by atoms with Crippen molar-refractivity contribution in [3.8, 4) is 0 Å². The van der Waals surface area contributed by atoms with Gasteiger partial charge in [-0.05, 0) is 19.3 Å². The van der Waals surface area contributed by atoms with Crippen molar-refractivity contribution in [3.63, 3.8) is 0 Å². The summed E-state index contributed by atoms with van der Waals surface area (Å²) in [5.74, 6) is -0.946. The second-order valence-corrected chi connectivity index (χ2v) is 12.3. The minimum atomic E-state index is -0.685. The molecule has 1 unspecified atom stereocenters. The third kappa shape index (κ3) is 26.4. The molecular formula is C36H65N3O9. The minimum absolute atomic E-state index is 0.0401. The number of esters is 3. The summed E-state index contributed by atoms with van der Waals surface area (Å²) in [5, 5.41) is 8.29. The van der Waals surface area contributed by atoms with Crippen LogP contribution in [0.15, 0.2) is 6.20 Å². The van der Waals surface area contributed by atoms with Gasteiger partial charge in [0.25, 0.3) is 0 Å². The Morgan fingerprint density at radius 2 is 1.21 bits per heavy atom. The van der Waals surface area contributed by atoms with E-state index in [2.05, 4.69) is 24.2 Å². The monoisotopic (exact) mass is 683 g/mol. The number of hydrogen-bond donors (Lipinski definition) is 0. The maximum Gasteiger partial charge on any atom is 0.306 e. The van der Waals surface area contributed by atoms with Crippen LogP contribution < -0.4 is 0 Å². The lowest BCUT2D eigenvalue weighted by molar-refractivity contribution is -0.160. The first kappa shape index (κ1) is 43.5. The summed E-state index contributed by atoms with van der Waals surface area (Å²) in [6, 6.07) is 0. The van der Waals surface area contributed by atoms with Crippen molar-refractivity contribution in [2.24, 2.45) is 0 Å². The average molecular weight is 684 g/mol. The van der Waals surface area contributed by atoms with Gasteiger partial charge in [0.05, 0.1) is 38.5 Å². The van der Waals surface area contributed by atoms with E-state index in [1.165, 1.54) is 51.4 Å². The molecule has 1 aromatic rings. The molecule has 0 saturated carbocycles. The number of hydrogen-bond acceptors (Lipinski definition) is 11. The lowest BCUT2D eigenvalue weighted by atomic mass is 10.1. The van der Waals surface area contributed by atoms with Gasteiger partial charge in [0.15, 0.2) is 6.10 Å². The van der Waals surface area contributed by atoms with E-state index in [0.29, 0.717) is 58.0 Å². The molecule has 0 bridgehead atoms. The van der Waals surface area contributed by atoms with Crippen LogP contribution in [0.3, 0.4) is 0 Å². The Morgan fingerprint density at radius 1 is 0.646 bits per heavy atom. The summed E-state index contributed by atoms with van der Waals surface area (Å²) in [7, 11) is 1.66. The van der Waals surface area contributed by atoms with Gasteiger partial charge in [-0.15, -0.1) is 5.10 Å². The van der Waals surface area contributed by atoms with Gasteiger partial charge in [-0.2, -0.15) is 0 Å². The maximum atomic E-state index is 12.7. The summed E-state index contributed by atoms with van der Waals surface area (Å²) >= 11 is 0. The van der Waals surface area contributed by atoms with Gasteiger partial charge < -0.3 is 28.4 Å². The number of unbranched alkanes of at least 4 members (excludes halogenated alkanes) is 12. The molecule has 12 heteroatoms. The van der Waals surface area contributed by atoms with Crippen molar-refractivity contribution in [1.82, 2.24) is 15.0 Å². The second kappa shape index (κ2) is 31.7. The molecule has 1 rings (SSSR count). The highest BCUT2D eigenvalue weighted by Crippen LogP contribution is 2.12. The van der Waals surface area contributed by atoms with Crippen molar-refractivity contribution >= 4 is 17.9 Å². The molecule has 0 N–H and O–H groups in total. The SMILES string of the molecule is CCCCCCCCCC(=O)OCC(Cn1cc(CCC(=O)OCCOCCOCCCOC)nn1)OC(=O)CCCCCCCCC. The third-order valence-electron chi connectivity index (χ3n) is 7.76. The van der Waals surface area contributed by atoms with E-state index < -0.39 is 6.10 Å². The summed E-state index contributed by atoms with van der Waals surface area (Å²) in [6.07, 6.45) is 18.6. The van der Waals surface area contributed by atoms with Crippen LogP contribution in [0.1, 0.15) is 135 Å². The molecular weight excluding hydrogens is 618 g/mol. The molecule has 0 spiro atoms. The summed E-state index contributed by atoms with van der Waals surface area (Å²) < 4.78 is 33.8. The van der Waals surface area contributed by atoms with Crippen LogP contribution >= 0.6 is 0 Å². The van der Waals surface area contributed by atoms with E-state index in [0.717, 1.165) is 44.9 Å². The van der Waals surface area contributed by atoms with Gasteiger partial charge in [-0.1, -0.05) is 96.1 Å². The third-order valence-corrected chi connectivity index (χ3v) is 7.76. The van der Waals surface area contributed by atoms with Gasteiger partial charge in [0, 0.05) is 45.8 Å². The zero-order valence-corrected chi connectivity index (χ0v) is 30.3. The number of nitrogens with zero attached hydrogens (tertiary/aromatic N) is 3. The fourth-order valence-corrected chi connectivity index (χ4v) is 4.97. The van der Waals surface area contributed by atoms with Gasteiger partial charge >= 0.3 is 17.9 Å². The smallest absolute Gasteiger partial charge is 0.306 e. The van der Waals surface area contributed by atoms with Crippen molar-refractivity contribution in [1.29, 1.82) is 0 Å². The second-order valence-electron chi connectivity index (χ2n) is 12.3. The summed E-state index contributed by atoms with van der Waals surface area (Å²) in [6.45, 7) is 7.21. The zero-order valence-electron chi connectivity index (χ0n) is 30.3. The van der Waals surface area contributed by atoms with Crippen molar-refractivity contribution in [3.05, 3.63) is 11.9 Å². The maximum absolute atomic E-state index is 12.7. The fraction of sp³-hybridized carbons (Fsp3) is 0.861. The number of carbonyl (C=O) groups is 3. The van der Waals surface area contributed by atoms with Gasteiger partial charge in [-0.3, -0.25) is 14.4 Å².